The fraction of sp³-hybridized carbons (Fsp3) is 0.500. The van der Waals surface area contributed by atoms with Crippen molar-refractivity contribution in [1.29, 1.82) is 0 Å². The van der Waals surface area contributed by atoms with Crippen molar-refractivity contribution in [2.75, 3.05) is 39.3 Å². The molecule has 1 aromatic carbocycles. The van der Waals surface area contributed by atoms with Crippen molar-refractivity contribution in [3.63, 3.8) is 0 Å². The quantitative estimate of drug-likeness (QED) is 0.811. The number of benzene rings is 1. The van der Waals surface area contributed by atoms with Crippen LogP contribution in [0, 0.1) is 0 Å². The molecule has 1 aliphatic rings. The minimum Gasteiger partial charge on any atom is -0.346 e. The summed E-state index contributed by atoms with van der Waals surface area (Å²) in [6.45, 7) is -0.808. The maximum absolute atomic E-state index is 12.5. The van der Waals surface area contributed by atoms with Gasteiger partial charge in [0.1, 0.15) is 6.54 Å². The molecule has 11 heteroatoms. The van der Waals surface area contributed by atoms with E-state index in [1.54, 1.807) is 16.3 Å². The van der Waals surface area contributed by atoms with Crippen LogP contribution in [-0.2, 0) is 14.8 Å². The van der Waals surface area contributed by atoms with Gasteiger partial charge in [-0.1, -0.05) is 17.7 Å². The van der Waals surface area contributed by atoms with Crippen LogP contribution in [0.25, 0.3) is 0 Å². The number of nitrogens with zero attached hydrogens (tertiary/aromatic N) is 2. The average molecular weight is 400 g/mol. The molecular formula is C14H17ClF3N3O3S. The maximum atomic E-state index is 12.5. The van der Waals surface area contributed by atoms with Crippen molar-refractivity contribution in [3.05, 3.63) is 29.3 Å². The lowest BCUT2D eigenvalue weighted by Crippen LogP contribution is -2.51. The Balaban J connectivity index is 1.88. The van der Waals surface area contributed by atoms with Crippen molar-refractivity contribution < 1.29 is 26.4 Å². The Bertz CT molecular complexity index is 720. The van der Waals surface area contributed by atoms with Gasteiger partial charge in [0.2, 0.25) is 15.9 Å². The Hall–Kier alpha value is -1.36. The zero-order chi connectivity index (χ0) is 18.7. The van der Waals surface area contributed by atoms with E-state index in [1.807, 2.05) is 0 Å². The molecule has 1 fully saturated rings. The number of sulfonamides is 1. The van der Waals surface area contributed by atoms with Gasteiger partial charge in [0.15, 0.2) is 0 Å². The van der Waals surface area contributed by atoms with Crippen molar-refractivity contribution in [1.82, 2.24) is 14.5 Å². The van der Waals surface area contributed by atoms with E-state index in [-0.39, 0.29) is 37.6 Å². The Labute approximate surface area is 148 Å². The minimum absolute atomic E-state index is 0.0800. The number of rotatable bonds is 5. The fourth-order valence-corrected chi connectivity index (χ4v) is 4.09. The Morgan fingerprint density at radius 2 is 1.84 bits per heavy atom. The molecule has 1 aromatic rings. The van der Waals surface area contributed by atoms with E-state index in [0.29, 0.717) is 5.02 Å². The molecule has 1 aliphatic heterocycles. The van der Waals surface area contributed by atoms with Gasteiger partial charge in [-0.15, -0.1) is 0 Å². The van der Waals surface area contributed by atoms with Crippen LogP contribution in [0.15, 0.2) is 29.2 Å². The molecule has 0 spiro atoms. The second-order valence-corrected chi connectivity index (χ2v) is 7.90. The third-order valence-corrected chi connectivity index (χ3v) is 5.75. The van der Waals surface area contributed by atoms with Gasteiger partial charge in [0, 0.05) is 31.2 Å². The highest BCUT2D eigenvalue weighted by Gasteiger charge is 2.30. The van der Waals surface area contributed by atoms with Gasteiger partial charge in [-0.05, 0) is 18.2 Å². The Morgan fingerprint density at radius 1 is 1.20 bits per heavy atom. The fourth-order valence-electron chi connectivity index (χ4n) is 2.36. The van der Waals surface area contributed by atoms with Crippen molar-refractivity contribution in [3.8, 4) is 0 Å². The van der Waals surface area contributed by atoms with Crippen LogP contribution < -0.4 is 5.32 Å². The van der Waals surface area contributed by atoms with Crippen LogP contribution in [0.3, 0.4) is 0 Å². The van der Waals surface area contributed by atoms with Crippen LogP contribution in [0.2, 0.25) is 5.02 Å². The van der Waals surface area contributed by atoms with Gasteiger partial charge in [-0.2, -0.15) is 17.5 Å². The van der Waals surface area contributed by atoms with E-state index >= 15 is 0 Å². The van der Waals surface area contributed by atoms with Crippen molar-refractivity contribution in [2.45, 2.75) is 11.1 Å². The highest BCUT2D eigenvalue weighted by molar-refractivity contribution is 7.89. The zero-order valence-electron chi connectivity index (χ0n) is 13.1. The topological polar surface area (TPSA) is 69.7 Å². The molecule has 0 bridgehead atoms. The summed E-state index contributed by atoms with van der Waals surface area (Å²) in [7, 11) is -3.69. The molecule has 6 nitrogen and oxygen atoms in total. The Morgan fingerprint density at radius 3 is 2.40 bits per heavy atom. The van der Waals surface area contributed by atoms with Crippen LogP contribution in [0.4, 0.5) is 13.2 Å². The summed E-state index contributed by atoms with van der Waals surface area (Å²) >= 11 is 5.82. The molecule has 1 saturated heterocycles. The molecule has 0 unspecified atom stereocenters. The number of halogens is 4. The van der Waals surface area contributed by atoms with Gasteiger partial charge in [0.05, 0.1) is 11.4 Å². The largest absolute Gasteiger partial charge is 0.405 e. The van der Waals surface area contributed by atoms with E-state index in [1.165, 1.54) is 22.5 Å². The molecule has 0 aromatic heterocycles. The van der Waals surface area contributed by atoms with Crippen LogP contribution in [-0.4, -0.2) is 69.0 Å². The van der Waals surface area contributed by atoms with E-state index < -0.39 is 28.7 Å². The molecule has 1 amide bonds. The summed E-state index contributed by atoms with van der Waals surface area (Å²) in [6, 6.07) is 5.90. The Kier molecular flexibility index (Phi) is 6.30. The summed E-state index contributed by atoms with van der Waals surface area (Å²) in [5.41, 5.74) is 0. The number of piperazine rings is 1. The first kappa shape index (κ1) is 20.0. The highest BCUT2D eigenvalue weighted by atomic mass is 35.5. The summed E-state index contributed by atoms with van der Waals surface area (Å²) in [6.07, 6.45) is -4.46. The number of alkyl halides is 3. The van der Waals surface area contributed by atoms with Crippen molar-refractivity contribution in [2.24, 2.45) is 0 Å². The summed E-state index contributed by atoms with van der Waals surface area (Å²) < 4.78 is 62.5. The third kappa shape index (κ3) is 5.84. The monoisotopic (exact) mass is 399 g/mol. The number of nitrogens with one attached hydrogen (secondary N) is 1. The van der Waals surface area contributed by atoms with Gasteiger partial charge in [0.25, 0.3) is 0 Å². The number of carbonyl (C=O) groups is 1. The highest BCUT2D eigenvalue weighted by Crippen LogP contribution is 2.20. The van der Waals surface area contributed by atoms with Gasteiger partial charge >= 0.3 is 6.18 Å². The molecule has 0 saturated carbocycles. The van der Waals surface area contributed by atoms with Crippen LogP contribution >= 0.6 is 11.6 Å². The molecule has 0 radical (unpaired) electrons. The molecule has 1 heterocycles. The summed E-state index contributed by atoms with van der Waals surface area (Å²) in [5, 5.41) is 2.10. The lowest BCUT2D eigenvalue weighted by Gasteiger charge is -2.33. The average Bonchev–Trinajstić information content (AvgIpc) is 2.53. The normalized spacial score (nSPS) is 17.4. The summed E-state index contributed by atoms with van der Waals surface area (Å²) in [5.74, 6) is -0.747. The molecule has 140 valence electrons. The molecule has 1 N–H and O–H groups in total. The second kappa shape index (κ2) is 7.90. The first-order chi connectivity index (χ1) is 11.6. The van der Waals surface area contributed by atoms with Crippen LogP contribution in [0.1, 0.15) is 0 Å². The van der Waals surface area contributed by atoms with E-state index in [2.05, 4.69) is 0 Å². The molecular weight excluding hydrogens is 383 g/mol. The molecule has 25 heavy (non-hydrogen) atoms. The first-order valence-corrected chi connectivity index (χ1v) is 9.21. The van der Waals surface area contributed by atoms with Gasteiger partial charge < -0.3 is 5.32 Å². The lowest BCUT2D eigenvalue weighted by molar-refractivity contribution is -0.139. The molecule has 0 aliphatic carbocycles. The summed E-state index contributed by atoms with van der Waals surface area (Å²) in [4.78, 5) is 13.2. The maximum Gasteiger partial charge on any atom is 0.405 e. The number of carbonyl (C=O) groups excluding carboxylic acids is 1. The standard InChI is InChI=1S/C14H17ClF3N3O3S/c15-11-2-1-3-12(8-11)25(23,24)21-6-4-20(5-7-21)9-13(22)19-10-14(16,17)18/h1-3,8H,4-7,9-10H2,(H,19,22). The zero-order valence-corrected chi connectivity index (χ0v) is 14.7. The number of hydrogen-bond acceptors (Lipinski definition) is 4. The smallest absolute Gasteiger partial charge is 0.346 e. The molecule has 2 rings (SSSR count). The lowest BCUT2D eigenvalue weighted by atomic mass is 10.3. The van der Waals surface area contributed by atoms with E-state index in [9.17, 15) is 26.4 Å². The van der Waals surface area contributed by atoms with Crippen molar-refractivity contribution >= 4 is 27.5 Å². The third-order valence-electron chi connectivity index (χ3n) is 3.62. The van der Waals surface area contributed by atoms with Gasteiger partial charge in [-0.3, -0.25) is 9.69 Å². The minimum atomic E-state index is -4.46. The number of amides is 1. The van der Waals surface area contributed by atoms with Gasteiger partial charge in [-0.25, -0.2) is 8.42 Å². The first-order valence-electron chi connectivity index (χ1n) is 7.39. The number of hydrogen-bond donors (Lipinski definition) is 1. The second-order valence-electron chi connectivity index (χ2n) is 5.53. The molecule has 0 atom stereocenters. The predicted molar refractivity (Wildman–Crippen MR) is 85.7 cm³/mol. The SMILES string of the molecule is O=C(CN1CCN(S(=O)(=O)c2cccc(Cl)c2)CC1)NCC(F)(F)F. The predicted octanol–water partition coefficient (Wildman–Crippen LogP) is 1.32. The van der Waals surface area contributed by atoms with E-state index in [4.69, 9.17) is 11.6 Å². The van der Waals surface area contributed by atoms with Crippen LogP contribution in [0.5, 0.6) is 0 Å². The van der Waals surface area contributed by atoms with E-state index in [0.717, 1.165) is 0 Å².